The number of carbonyl (C=O) groups is 2. The Balaban J connectivity index is 1.37. The zero-order chi connectivity index (χ0) is 16.0. The summed E-state index contributed by atoms with van der Waals surface area (Å²) in [5.74, 6) is 1.13. The third-order valence-electron chi connectivity index (χ3n) is 6.66. The van der Waals surface area contributed by atoms with Gasteiger partial charge >= 0.3 is 5.97 Å². The van der Waals surface area contributed by atoms with E-state index in [0.29, 0.717) is 26.1 Å². The van der Waals surface area contributed by atoms with Gasteiger partial charge in [-0.05, 0) is 31.1 Å². The first kappa shape index (κ1) is 15.4. The molecular formula is C18H28N2O3. The Morgan fingerprint density at radius 2 is 1.83 bits per heavy atom. The molecule has 0 aromatic rings. The fourth-order valence-corrected chi connectivity index (χ4v) is 4.73. The highest BCUT2D eigenvalue weighted by atomic mass is 16.4. The summed E-state index contributed by atoms with van der Waals surface area (Å²) in [6.07, 6.45) is 8.07. The molecule has 128 valence electrons. The molecule has 2 heterocycles. The van der Waals surface area contributed by atoms with E-state index in [4.69, 9.17) is 0 Å². The molecule has 2 atom stereocenters. The van der Waals surface area contributed by atoms with Crippen molar-refractivity contribution in [1.82, 2.24) is 9.80 Å². The smallest absolute Gasteiger partial charge is 0.313 e. The number of rotatable bonds is 6. The number of fused-ring (bicyclic) bond motifs is 1. The third-order valence-corrected chi connectivity index (χ3v) is 6.66. The van der Waals surface area contributed by atoms with Crippen molar-refractivity contribution < 1.29 is 14.7 Å². The molecule has 1 amide bonds. The maximum Gasteiger partial charge on any atom is 0.313 e. The lowest BCUT2D eigenvalue weighted by atomic mass is 9.81. The second-order valence-electron chi connectivity index (χ2n) is 8.41. The average molecular weight is 320 g/mol. The molecule has 2 saturated carbocycles. The Hall–Kier alpha value is -1.10. The van der Waals surface area contributed by atoms with Crippen molar-refractivity contribution in [2.45, 2.75) is 44.9 Å². The van der Waals surface area contributed by atoms with E-state index in [9.17, 15) is 14.7 Å². The van der Waals surface area contributed by atoms with Crippen molar-refractivity contribution >= 4 is 11.9 Å². The molecular weight excluding hydrogens is 292 g/mol. The summed E-state index contributed by atoms with van der Waals surface area (Å²) in [5.41, 5.74) is -0.709. The Morgan fingerprint density at radius 3 is 2.39 bits per heavy atom. The Bertz CT molecular complexity index is 500. The number of aliphatic carboxylic acids is 1. The summed E-state index contributed by atoms with van der Waals surface area (Å²) in [6.45, 7) is 3.63. The first-order chi connectivity index (χ1) is 11.1. The van der Waals surface area contributed by atoms with E-state index < -0.39 is 11.4 Å². The van der Waals surface area contributed by atoms with Crippen LogP contribution in [-0.2, 0) is 9.59 Å². The molecule has 0 bridgehead atoms. The summed E-state index contributed by atoms with van der Waals surface area (Å²) < 4.78 is 0. The van der Waals surface area contributed by atoms with Crippen LogP contribution in [0.4, 0.5) is 0 Å². The molecule has 0 unspecified atom stereocenters. The maximum atomic E-state index is 12.4. The molecule has 0 aromatic heterocycles. The Morgan fingerprint density at radius 1 is 1.04 bits per heavy atom. The standard InChI is InChI=1S/C18H28N2O3/c21-16(7-6-13-4-5-13)20-10-15-9-19(8-14-2-1-3-14)11-18(15,12-20)17(22)23/h13-15H,1-12H2,(H,22,23)/t15-,18-/m1/s1. The monoisotopic (exact) mass is 320 g/mol. The summed E-state index contributed by atoms with van der Waals surface area (Å²) in [5, 5.41) is 9.86. The highest BCUT2D eigenvalue weighted by Crippen LogP contribution is 2.44. The molecule has 0 radical (unpaired) electrons. The molecule has 2 aliphatic heterocycles. The molecule has 4 fully saturated rings. The van der Waals surface area contributed by atoms with E-state index in [1.54, 1.807) is 0 Å². The van der Waals surface area contributed by atoms with Gasteiger partial charge in [-0.25, -0.2) is 0 Å². The number of nitrogens with zero attached hydrogens (tertiary/aromatic N) is 2. The third kappa shape index (κ3) is 2.88. The number of hydrogen-bond donors (Lipinski definition) is 1. The van der Waals surface area contributed by atoms with Crippen molar-refractivity contribution in [3.63, 3.8) is 0 Å². The van der Waals surface area contributed by atoms with Gasteiger partial charge in [0.1, 0.15) is 5.41 Å². The maximum absolute atomic E-state index is 12.4. The molecule has 23 heavy (non-hydrogen) atoms. The van der Waals surface area contributed by atoms with Crippen LogP contribution in [0.2, 0.25) is 0 Å². The summed E-state index contributed by atoms with van der Waals surface area (Å²) in [7, 11) is 0. The van der Waals surface area contributed by atoms with Crippen LogP contribution in [-0.4, -0.2) is 59.5 Å². The molecule has 4 rings (SSSR count). The highest BCUT2D eigenvalue weighted by Gasteiger charge is 2.58. The molecule has 4 aliphatic rings. The van der Waals surface area contributed by atoms with Gasteiger partial charge in [0.2, 0.25) is 5.91 Å². The number of carboxylic acid groups (broad SMARTS) is 1. The van der Waals surface area contributed by atoms with Crippen LogP contribution in [0.1, 0.15) is 44.9 Å². The SMILES string of the molecule is O=C(CCC1CC1)N1C[C@H]2CN(CC3CCC3)C[C@@]2(C(=O)O)C1. The second kappa shape index (κ2) is 5.76. The fraction of sp³-hybridized carbons (Fsp3) is 0.889. The van der Waals surface area contributed by atoms with Crippen LogP contribution >= 0.6 is 0 Å². The molecule has 5 nitrogen and oxygen atoms in total. The van der Waals surface area contributed by atoms with Crippen molar-refractivity contribution in [2.75, 3.05) is 32.7 Å². The summed E-state index contributed by atoms with van der Waals surface area (Å²) in [6, 6.07) is 0. The van der Waals surface area contributed by atoms with Gasteiger partial charge in [0, 0.05) is 45.1 Å². The van der Waals surface area contributed by atoms with Gasteiger partial charge in [-0.2, -0.15) is 0 Å². The quantitative estimate of drug-likeness (QED) is 0.811. The van der Waals surface area contributed by atoms with Crippen LogP contribution in [0.5, 0.6) is 0 Å². The van der Waals surface area contributed by atoms with Crippen molar-refractivity contribution in [2.24, 2.45) is 23.2 Å². The first-order valence-electron chi connectivity index (χ1n) is 9.30. The van der Waals surface area contributed by atoms with Gasteiger partial charge in [-0.1, -0.05) is 19.3 Å². The molecule has 2 saturated heterocycles. The number of carbonyl (C=O) groups excluding carboxylic acids is 1. The minimum Gasteiger partial charge on any atom is -0.481 e. The van der Waals surface area contributed by atoms with E-state index in [2.05, 4.69) is 4.90 Å². The van der Waals surface area contributed by atoms with Crippen LogP contribution in [0.15, 0.2) is 0 Å². The molecule has 2 aliphatic carbocycles. The van der Waals surface area contributed by atoms with Crippen LogP contribution in [0, 0.1) is 23.2 Å². The average Bonchev–Trinajstić information content (AvgIpc) is 3.12. The summed E-state index contributed by atoms with van der Waals surface area (Å²) >= 11 is 0. The Kier molecular flexibility index (Phi) is 3.87. The molecule has 1 N–H and O–H groups in total. The normalized spacial score (nSPS) is 34.4. The van der Waals surface area contributed by atoms with E-state index >= 15 is 0 Å². The number of hydrogen-bond acceptors (Lipinski definition) is 3. The van der Waals surface area contributed by atoms with E-state index in [1.807, 2.05) is 4.90 Å². The highest BCUT2D eigenvalue weighted by molar-refractivity contribution is 5.81. The lowest BCUT2D eigenvalue weighted by Crippen LogP contribution is -2.43. The zero-order valence-corrected chi connectivity index (χ0v) is 13.9. The van der Waals surface area contributed by atoms with Crippen LogP contribution in [0.3, 0.4) is 0 Å². The first-order valence-corrected chi connectivity index (χ1v) is 9.30. The summed E-state index contributed by atoms with van der Waals surface area (Å²) in [4.78, 5) is 28.6. The van der Waals surface area contributed by atoms with Gasteiger partial charge in [-0.3, -0.25) is 9.59 Å². The largest absolute Gasteiger partial charge is 0.481 e. The van der Waals surface area contributed by atoms with Gasteiger partial charge in [0.25, 0.3) is 0 Å². The fourth-order valence-electron chi connectivity index (χ4n) is 4.73. The number of likely N-dealkylation sites (tertiary alicyclic amines) is 2. The van der Waals surface area contributed by atoms with Crippen molar-refractivity contribution in [3.05, 3.63) is 0 Å². The molecule has 5 heteroatoms. The predicted octanol–water partition coefficient (Wildman–Crippen LogP) is 1.82. The lowest BCUT2D eigenvalue weighted by molar-refractivity contribution is -0.149. The minimum absolute atomic E-state index is 0.116. The number of carboxylic acids is 1. The molecule has 0 spiro atoms. The van der Waals surface area contributed by atoms with Crippen LogP contribution in [0.25, 0.3) is 0 Å². The van der Waals surface area contributed by atoms with Crippen molar-refractivity contribution in [3.8, 4) is 0 Å². The zero-order valence-electron chi connectivity index (χ0n) is 13.9. The topological polar surface area (TPSA) is 60.9 Å². The van der Waals surface area contributed by atoms with E-state index in [0.717, 1.165) is 31.3 Å². The van der Waals surface area contributed by atoms with Gasteiger partial charge in [0.15, 0.2) is 0 Å². The molecule has 0 aromatic carbocycles. The van der Waals surface area contributed by atoms with Gasteiger partial charge in [0.05, 0.1) is 0 Å². The predicted molar refractivity (Wildman–Crippen MR) is 85.9 cm³/mol. The second-order valence-corrected chi connectivity index (χ2v) is 8.41. The minimum atomic E-state index is -0.709. The van der Waals surface area contributed by atoms with Crippen molar-refractivity contribution in [1.29, 1.82) is 0 Å². The van der Waals surface area contributed by atoms with E-state index in [-0.39, 0.29) is 11.8 Å². The number of amides is 1. The van der Waals surface area contributed by atoms with Gasteiger partial charge in [-0.15, -0.1) is 0 Å². The van der Waals surface area contributed by atoms with E-state index in [1.165, 1.54) is 32.1 Å². The van der Waals surface area contributed by atoms with Gasteiger partial charge < -0.3 is 14.9 Å². The lowest BCUT2D eigenvalue weighted by Gasteiger charge is -2.31. The Labute approximate surface area is 138 Å². The van der Waals surface area contributed by atoms with Crippen LogP contribution < -0.4 is 0 Å².